The van der Waals surface area contributed by atoms with E-state index in [0.717, 1.165) is 5.01 Å². The second-order valence-corrected chi connectivity index (χ2v) is 10.0. The summed E-state index contributed by atoms with van der Waals surface area (Å²) in [6, 6.07) is 15.6. The van der Waals surface area contributed by atoms with Crippen LogP contribution in [0.15, 0.2) is 77.7 Å². The minimum atomic E-state index is -1.47. The molecule has 3 amide bonds. The van der Waals surface area contributed by atoms with Crippen molar-refractivity contribution in [1.29, 1.82) is 0 Å². The number of rotatable bonds is 6. The lowest BCUT2D eigenvalue weighted by molar-refractivity contribution is 0.0113. The molecule has 1 fully saturated rings. The summed E-state index contributed by atoms with van der Waals surface area (Å²) in [6.07, 6.45) is 0.887. The molecule has 11 heteroatoms. The number of nitrogens with zero attached hydrogens (tertiary/aromatic N) is 6. The fraction of sp³-hybridized carbons (Fsp3) is 0.407. The summed E-state index contributed by atoms with van der Waals surface area (Å²) in [5.74, 6) is 1.07. The van der Waals surface area contributed by atoms with E-state index in [0.29, 0.717) is 43.1 Å². The van der Waals surface area contributed by atoms with E-state index in [2.05, 4.69) is 17.0 Å². The Balaban J connectivity index is 1.43. The highest BCUT2D eigenvalue weighted by Crippen LogP contribution is 2.36. The van der Waals surface area contributed by atoms with Gasteiger partial charge in [-0.25, -0.2) is 9.59 Å². The Kier molecular flexibility index (Phi) is 8.16. The first kappa shape index (κ1) is 26.9. The normalized spacial score (nSPS) is 17.9. The molecule has 1 N–H and O–H groups in total. The summed E-state index contributed by atoms with van der Waals surface area (Å²) in [7, 11) is 0. The third-order valence-electron chi connectivity index (χ3n) is 6.08. The number of benzene rings is 2. The van der Waals surface area contributed by atoms with E-state index < -0.39 is 18.0 Å². The van der Waals surface area contributed by atoms with E-state index in [1.807, 2.05) is 51.1 Å². The van der Waals surface area contributed by atoms with Crippen molar-refractivity contribution in [2.75, 3.05) is 24.6 Å². The molecule has 0 aliphatic carbocycles. The van der Waals surface area contributed by atoms with Gasteiger partial charge in [-0.3, -0.25) is 0 Å². The number of urea groups is 1. The number of piperidine rings is 1. The number of anilines is 1. The zero-order chi connectivity index (χ0) is 27.3. The van der Waals surface area contributed by atoms with Crippen molar-refractivity contribution < 1.29 is 24.2 Å². The zero-order valence-corrected chi connectivity index (χ0v) is 21.9. The first-order valence-corrected chi connectivity index (χ1v) is 12.6. The summed E-state index contributed by atoms with van der Waals surface area (Å²) in [5, 5.41) is 21.3. The van der Waals surface area contributed by atoms with Crippen LogP contribution in [0.1, 0.15) is 33.6 Å². The van der Waals surface area contributed by atoms with Gasteiger partial charge in [0, 0.05) is 25.7 Å². The van der Waals surface area contributed by atoms with Crippen molar-refractivity contribution in [3.8, 4) is 11.5 Å². The molecule has 4 rings (SSSR count). The largest absolute Gasteiger partial charge is 0.455 e. The third-order valence-corrected chi connectivity index (χ3v) is 6.08. The number of carbonyl (C=O) groups excluding carboxylic acids is 2. The predicted octanol–water partition coefficient (Wildman–Crippen LogP) is 5.17. The number of aliphatic hydroxyl groups is 1. The molecule has 0 bridgehead atoms. The van der Waals surface area contributed by atoms with Crippen LogP contribution in [-0.2, 0) is 4.74 Å². The molecule has 1 saturated heterocycles. The smallest absolute Gasteiger partial charge is 0.410 e. The minimum absolute atomic E-state index is 0.177. The Morgan fingerprint density at radius 1 is 1.08 bits per heavy atom. The van der Waals surface area contributed by atoms with Gasteiger partial charge in [0.25, 0.3) is 6.35 Å². The van der Waals surface area contributed by atoms with E-state index in [4.69, 9.17) is 9.47 Å². The molecule has 2 aliphatic heterocycles. The van der Waals surface area contributed by atoms with E-state index in [-0.39, 0.29) is 18.7 Å². The average molecular weight is 523 g/mol. The van der Waals surface area contributed by atoms with Crippen molar-refractivity contribution in [1.82, 2.24) is 14.8 Å². The van der Waals surface area contributed by atoms with Gasteiger partial charge in [-0.15, -0.1) is 11.6 Å². The molecule has 0 spiro atoms. The second-order valence-electron chi connectivity index (χ2n) is 10.0. The summed E-state index contributed by atoms with van der Waals surface area (Å²) >= 11 is 0. The van der Waals surface area contributed by atoms with Crippen molar-refractivity contribution in [3.05, 3.63) is 67.3 Å². The van der Waals surface area contributed by atoms with Crippen LogP contribution in [0.25, 0.3) is 0 Å². The number of ether oxygens (including phenoxy) is 2. The summed E-state index contributed by atoms with van der Waals surface area (Å²) in [4.78, 5) is 29.2. The summed E-state index contributed by atoms with van der Waals surface area (Å²) < 4.78 is 11.5. The lowest BCUT2D eigenvalue weighted by Gasteiger charge is -2.39. The number of likely N-dealkylation sites (tertiary alicyclic amines) is 1. The van der Waals surface area contributed by atoms with E-state index in [9.17, 15) is 14.7 Å². The molecule has 38 heavy (non-hydrogen) atoms. The van der Waals surface area contributed by atoms with E-state index in [1.54, 1.807) is 40.1 Å². The molecule has 202 valence electrons. The maximum atomic E-state index is 13.5. The van der Waals surface area contributed by atoms with Gasteiger partial charge in [-0.05, 0) is 68.3 Å². The maximum absolute atomic E-state index is 13.5. The van der Waals surface area contributed by atoms with Gasteiger partial charge in [0.2, 0.25) is 0 Å². The highest BCUT2D eigenvalue weighted by molar-refractivity contribution is 5.76. The van der Waals surface area contributed by atoms with Crippen LogP contribution >= 0.6 is 0 Å². The van der Waals surface area contributed by atoms with Crippen molar-refractivity contribution in [3.63, 3.8) is 0 Å². The Bertz CT molecular complexity index is 1160. The molecule has 1 atom stereocenters. The van der Waals surface area contributed by atoms with Crippen LogP contribution in [0.4, 0.5) is 15.3 Å². The first-order chi connectivity index (χ1) is 18.2. The van der Waals surface area contributed by atoms with E-state index in [1.165, 1.54) is 5.01 Å². The quantitative estimate of drug-likeness (QED) is 0.525. The van der Waals surface area contributed by atoms with Crippen molar-refractivity contribution in [2.45, 2.75) is 51.6 Å². The van der Waals surface area contributed by atoms with Gasteiger partial charge in [0.15, 0.2) is 5.75 Å². The van der Waals surface area contributed by atoms with Gasteiger partial charge in [-0.1, -0.05) is 36.4 Å². The molecule has 11 nitrogen and oxygen atoms in total. The molecule has 0 aromatic heterocycles. The topological polar surface area (TPSA) is 111 Å². The zero-order valence-electron chi connectivity index (χ0n) is 21.9. The van der Waals surface area contributed by atoms with E-state index >= 15 is 0 Å². The molecular weight excluding hydrogens is 488 g/mol. The van der Waals surface area contributed by atoms with Crippen LogP contribution in [0.5, 0.6) is 11.5 Å². The standard InChI is InChI=1S/C27H34N6O5/c1-5-17-31(20-15-18-30(19-16-20)26(36)38-27(2,3)4)24(34)33-25(35)32(28-29-33)22-13-9-10-14-23(22)37-21-11-7-6-8-12-21/h5-14,20,25,35H,1,15-19H2,2-4H3. The Labute approximate surface area is 222 Å². The fourth-order valence-corrected chi connectivity index (χ4v) is 4.28. The minimum Gasteiger partial charge on any atom is -0.455 e. The highest BCUT2D eigenvalue weighted by Gasteiger charge is 2.40. The van der Waals surface area contributed by atoms with Crippen LogP contribution in [0.2, 0.25) is 0 Å². The lowest BCUT2D eigenvalue weighted by atomic mass is 10.0. The molecule has 2 aromatic carbocycles. The number of hydrogen-bond acceptors (Lipinski definition) is 8. The Hall–Kier alpha value is -4.12. The molecule has 2 heterocycles. The second kappa shape index (κ2) is 11.5. The lowest BCUT2D eigenvalue weighted by Crippen LogP contribution is -2.54. The molecular formula is C27H34N6O5. The Morgan fingerprint density at radius 3 is 2.39 bits per heavy atom. The fourth-order valence-electron chi connectivity index (χ4n) is 4.28. The molecule has 2 aliphatic rings. The molecule has 1 unspecified atom stereocenters. The summed E-state index contributed by atoms with van der Waals surface area (Å²) in [6.45, 7) is 10.4. The molecule has 2 aromatic rings. The van der Waals surface area contributed by atoms with Crippen LogP contribution in [-0.4, -0.2) is 69.7 Å². The van der Waals surface area contributed by atoms with Gasteiger partial charge in [0.1, 0.15) is 17.0 Å². The van der Waals surface area contributed by atoms with Crippen LogP contribution < -0.4 is 9.75 Å². The monoisotopic (exact) mass is 522 g/mol. The maximum Gasteiger partial charge on any atom is 0.410 e. The van der Waals surface area contributed by atoms with Crippen LogP contribution in [0.3, 0.4) is 0 Å². The van der Waals surface area contributed by atoms with Gasteiger partial charge < -0.3 is 24.4 Å². The number of hydrogen-bond donors (Lipinski definition) is 1. The molecule has 0 radical (unpaired) electrons. The number of amides is 3. The highest BCUT2D eigenvalue weighted by atomic mass is 16.6. The van der Waals surface area contributed by atoms with Gasteiger partial charge in [-0.2, -0.15) is 5.01 Å². The number of aliphatic hydroxyl groups excluding tert-OH is 1. The predicted molar refractivity (Wildman–Crippen MR) is 141 cm³/mol. The Morgan fingerprint density at radius 2 is 1.74 bits per heavy atom. The number of carbonyl (C=O) groups is 2. The van der Waals surface area contributed by atoms with Gasteiger partial charge >= 0.3 is 12.1 Å². The first-order valence-electron chi connectivity index (χ1n) is 12.6. The third kappa shape index (κ3) is 6.23. The summed E-state index contributed by atoms with van der Waals surface area (Å²) in [5.41, 5.74) is -0.129. The van der Waals surface area contributed by atoms with Crippen molar-refractivity contribution >= 4 is 17.8 Å². The SMILES string of the molecule is C=CCN(C(=O)N1N=NN(c2ccccc2Oc2ccccc2)C1O)C1CCN(C(=O)OC(C)(C)C)CC1. The van der Waals surface area contributed by atoms with Gasteiger partial charge in [0.05, 0.1) is 0 Å². The number of para-hydroxylation sites is 3. The molecule has 0 saturated carbocycles. The van der Waals surface area contributed by atoms with Crippen LogP contribution in [0, 0.1) is 0 Å². The average Bonchev–Trinajstić information content (AvgIpc) is 3.28. The van der Waals surface area contributed by atoms with Crippen molar-refractivity contribution in [2.24, 2.45) is 10.4 Å².